The minimum atomic E-state index is -4.47. The van der Waals surface area contributed by atoms with E-state index in [1.807, 2.05) is 0 Å². The van der Waals surface area contributed by atoms with Crippen molar-refractivity contribution in [2.45, 2.75) is 50.9 Å². The summed E-state index contributed by atoms with van der Waals surface area (Å²) in [5.41, 5.74) is -2.83. The predicted octanol–water partition coefficient (Wildman–Crippen LogP) is 2.61. The van der Waals surface area contributed by atoms with Crippen LogP contribution in [0.4, 0.5) is 18.0 Å². The molecule has 0 aromatic rings. The topological polar surface area (TPSA) is 38.3 Å². The monoisotopic (exact) mass is 225 g/mol. The molecule has 0 heterocycles. The maximum atomic E-state index is 12.4. The number of rotatable bonds is 1. The molecule has 1 aliphatic carbocycles. The average molecular weight is 225 g/mol. The van der Waals surface area contributed by atoms with E-state index in [1.165, 1.54) is 0 Å². The van der Waals surface area contributed by atoms with Crippen LogP contribution in [-0.2, 0) is 4.74 Å². The molecule has 1 rings (SSSR count). The number of amides is 1. The number of hydrogen-bond acceptors (Lipinski definition) is 2. The lowest BCUT2D eigenvalue weighted by Crippen LogP contribution is -2.45. The van der Waals surface area contributed by atoms with Crippen molar-refractivity contribution in [3.63, 3.8) is 0 Å². The van der Waals surface area contributed by atoms with Gasteiger partial charge in [-0.05, 0) is 20.8 Å². The zero-order valence-corrected chi connectivity index (χ0v) is 8.86. The molecule has 0 unspecified atom stereocenters. The van der Waals surface area contributed by atoms with Crippen LogP contribution in [0.2, 0.25) is 0 Å². The molecule has 0 atom stereocenters. The van der Waals surface area contributed by atoms with Crippen LogP contribution in [0.5, 0.6) is 0 Å². The van der Waals surface area contributed by atoms with Gasteiger partial charge in [0.2, 0.25) is 5.60 Å². The summed E-state index contributed by atoms with van der Waals surface area (Å²) in [6.07, 6.45) is -5.78. The largest absolute Gasteiger partial charge is 0.433 e. The van der Waals surface area contributed by atoms with Crippen LogP contribution >= 0.6 is 0 Å². The summed E-state index contributed by atoms with van der Waals surface area (Å²) in [5.74, 6) is 0. The van der Waals surface area contributed by atoms with Crippen molar-refractivity contribution in [1.29, 1.82) is 0 Å². The smallest absolute Gasteiger partial charge is 0.428 e. The second-order valence-electron chi connectivity index (χ2n) is 4.76. The third kappa shape index (κ3) is 3.00. The summed E-state index contributed by atoms with van der Waals surface area (Å²) < 4.78 is 41.6. The number of halogens is 3. The fourth-order valence-corrected chi connectivity index (χ4v) is 1.07. The van der Waals surface area contributed by atoms with Gasteiger partial charge in [-0.3, -0.25) is 0 Å². The van der Waals surface area contributed by atoms with E-state index < -0.39 is 23.4 Å². The summed E-state index contributed by atoms with van der Waals surface area (Å²) in [5, 5.41) is 2.33. The first-order valence-corrected chi connectivity index (χ1v) is 4.64. The Morgan fingerprint density at radius 3 is 2.00 bits per heavy atom. The zero-order valence-electron chi connectivity index (χ0n) is 8.86. The molecular weight excluding hydrogens is 211 g/mol. The molecule has 1 fully saturated rings. The highest BCUT2D eigenvalue weighted by Crippen LogP contribution is 2.52. The van der Waals surface area contributed by atoms with Crippen molar-refractivity contribution in [3.05, 3.63) is 0 Å². The molecule has 0 aromatic carbocycles. The second kappa shape index (κ2) is 3.28. The first kappa shape index (κ1) is 12.1. The molecule has 6 heteroatoms. The summed E-state index contributed by atoms with van der Waals surface area (Å²) in [6, 6.07) is 0. The molecule has 1 amide bonds. The van der Waals surface area contributed by atoms with Gasteiger partial charge >= 0.3 is 12.3 Å². The molecule has 1 aliphatic rings. The van der Waals surface area contributed by atoms with E-state index in [1.54, 1.807) is 20.8 Å². The summed E-state index contributed by atoms with van der Waals surface area (Å²) in [4.78, 5) is 11.1. The quantitative estimate of drug-likeness (QED) is 0.744. The Balaban J connectivity index is 2.53. The van der Waals surface area contributed by atoms with Crippen molar-refractivity contribution >= 4 is 6.09 Å². The van der Waals surface area contributed by atoms with Crippen molar-refractivity contribution in [2.24, 2.45) is 0 Å². The molecule has 3 nitrogen and oxygen atoms in total. The van der Waals surface area contributed by atoms with Crippen molar-refractivity contribution in [3.8, 4) is 0 Å². The van der Waals surface area contributed by atoms with Crippen molar-refractivity contribution < 1.29 is 22.7 Å². The Bertz CT molecular complexity index is 264. The summed E-state index contributed by atoms with van der Waals surface area (Å²) in [7, 11) is 0. The summed E-state index contributed by atoms with van der Waals surface area (Å²) in [6.45, 7) is 5.00. The SMILES string of the molecule is CC(C)(C)NC(=O)OC1(C(F)(F)F)CC1. The van der Waals surface area contributed by atoms with Crippen LogP contribution in [0, 0.1) is 0 Å². The van der Waals surface area contributed by atoms with Crippen LogP contribution in [0.1, 0.15) is 33.6 Å². The lowest BCUT2D eigenvalue weighted by atomic mass is 10.1. The molecule has 1 saturated carbocycles. The van der Waals surface area contributed by atoms with Gasteiger partial charge < -0.3 is 10.1 Å². The minimum Gasteiger partial charge on any atom is -0.433 e. The number of alkyl halides is 3. The molecule has 0 saturated heterocycles. The number of carbonyl (C=O) groups is 1. The van der Waals surface area contributed by atoms with Crippen LogP contribution in [0.25, 0.3) is 0 Å². The fourth-order valence-electron chi connectivity index (χ4n) is 1.07. The van der Waals surface area contributed by atoms with Gasteiger partial charge in [-0.25, -0.2) is 4.79 Å². The first-order chi connectivity index (χ1) is 6.56. The van der Waals surface area contributed by atoms with Crippen LogP contribution in [0.15, 0.2) is 0 Å². The normalized spacial score (nSPS) is 19.6. The van der Waals surface area contributed by atoms with Gasteiger partial charge in [0.05, 0.1) is 0 Å². The van der Waals surface area contributed by atoms with Gasteiger partial charge in [-0.15, -0.1) is 0 Å². The highest BCUT2D eigenvalue weighted by Gasteiger charge is 2.67. The van der Waals surface area contributed by atoms with E-state index in [0.717, 1.165) is 0 Å². The lowest BCUT2D eigenvalue weighted by Gasteiger charge is -2.24. The Morgan fingerprint density at radius 1 is 1.27 bits per heavy atom. The van der Waals surface area contributed by atoms with E-state index in [9.17, 15) is 18.0 Å². The van der Waals surface area contributed by atoms with Gasteiger partial charge in [0.1, 0.15) is 0 Å². The van der Waals surface area contributed by atoms with Crippen LogP contribution in [-0.4, -0.2) is 23.4 Å². The Hall–Kier alpha value is -0.940. The number of alkyl carbamates (subject to hydrolysis) is 1. The van der Waals surface area contributed by atoms with Crippen LogP contribution < -0.4 is 5.32 Å². The standard InChI is InChI=1S/C9H14F3NO2/c1-7(2,3)13-6(14)15-8(4-5-8)9(10,11)12/h4-5H2,1-3H3,(H,13,14). The summed E-state index contributed by atoms with van der Waals surface area (Å²) >= 11 is 0. The number of nitrogens with one attached hydrogen (secondary N) is 1. The van der Waals surface area contributed by atoms with Crippen molar-refractivity contribution in [2.75, 3.05) is 0 Å². The van der Waals surface area contributed by atoms with E-state index in [4.69, 9.17) is 0 Å². The lowest BCUT2D eigenvalue weighted by molar-refractivity contribution is -0.217. The molecule has 0 bridgehead atoms. The molecular formula is C9H14F3NO2. The van der Waals surface area contributed by atoms with Gasteiger partial charge in [0.15, 0.2) is 0 Å². The zero-order chi connectivity index (χ0) is 11.9. The molecule has 0 aliphatic heterocycles. The van der Waals surface area contributed by atoms with Crippen LogP contribution in [0.3, 0.4) is 0 Å². The fraction of sp³-hybridized carbons (Fsp3) is 0.889. The number of ether oxygens (including phenoxy) is 1. The number of hydrogen-bond donors (Lipinski definition) is 1. The maximum Gasteiger partial charge on any atom is 0.428 e. The van der Waals surface area contributed by atoms with E-state index >= 15 is 0 Å². The third-order valence-corrected chi connectivity index (χ3v) is 1.99. The Kier molecular flexibility index (Phi) is 2.65. The molecule has 0 spiro atoms. The third-order valence-electron chi connectivity index (χ3n) is 1.99. The van der Waals surface area contributed by atoms with E-state index in [0.29, 0.717) is 0 Å². The van der Waals surface area contributed by atoms with Gasteiger partial charge in [-0.2, -0.15) is 13.2 Å². The van der Waals surface area contributed by atoms with Gasteiger partial charge in [0.25, 0.3) is 0 Å². The van der Waals surface area contributed by atoms with Gasteiger partial charge in [-0.1, -0.05) is 0 Å². The molecule has 0 aromatic heterocycles. The van der Waals surface area contributed by atoms with E-state index in [2.05, 4.69) is 10.1 Å². The Labute approximate surface area is 86.0 Å². The molecule has 88 valence electrons. The maximum absolute atomic E-state index is 12.4. The molecule has 15 heavy (non-hydrogen) atoms. The Morgan fingerprint density at radius 2 is 1.73 bits per heavy atom. The second-order valence-corrected chi connectivity index (χ2v) is 4.76. The average Bonchev–Trinajstić information content (AvgIpc) is 2.61. The van der Waals surface area contributed by atoms with Gasteiger partial charge in [0, 0.05) is 18.4 Å². The highest BCUT2D eigenvalue weighted by molar-refractivity contribution is 5.69. The predicted molar refractivity (Wildman–Crippen MR) is 47.4 cm³/mol. The van der Waals surface area contributed by atoms with Crippen molar-refractivity contribution in [1.82, 2.24) is 5.32 Å². The highest BCUT2D eigenvalue weighted by atomic mass is 19.4. The first-order valence-electron chi connectivity index (χ1n) is 4.64. The molecule has 0 radical (unpaired) electrons. The van der Waals surface area contributed by atoms with E-state index in [-0.39, 0.29) is 12.8 Å². The number of carbonyl (C=O) groups excluding carboxylic acids is 1. The molecule has 1 N–H and O–H groups in total. The minimum absolute atomic E-state index is 0.145.